The molecule has 0 radical (unpaired) electrons. The molecule has 0 aliphatic carbocycles. The first kappa shape index (κ1) is 30.2. The molecule has 37 heavy (non-hydrogen) atoms. The zero-order valence-electron chi connectivity index (χ0n) is 23.0. The number of hydroxylamine groups is 1. The molecule has 0 fully saturated rings. The van der Waals surface area contributed by atoms with Crippen LogP contribution in [0.5, 0.6) is 0 Å². The molecule has 1 heterocycles. The summed E-state index contributed by atoms with van der Waals surface area (Å²) in [6.07, 6.45) is 10.8. The van der Waals surface area contributed by atoms with Crippen molar-refractivity contribution in [3.05, 3.63) is 77.8 Å². The minimum absolute atomic E-state index is 0.223. The third-order valence-electron chi connectivity index (χ3n) is 6.06. The van der Waals surface area contributed by atoms with Gasteiger partial charge in [-0.3, -0.25) is 9.52 Å². The standard InChI is InChI=1S/C30H42F2N4O/c1-7-17-30(31,32)22-37-35-29(33-18-8-2)28(23(5)10-4)24(6)11-12-25-13-15-26(16-14-25)27-20-34-36(21-27)19-9-3/h8,13-16,18,20-21H,6-7,9-12,17,19,22H2,1-5H3,(H,33,35)/b18-8?,28-23+. The van der Waals surface area contributed by atoms with Crippen LogP contribution in [0.4, 0.5) is 8.78 Å². The molecule has 0 saturated heterocycles. The largest absolute Gasteiger partial charge is 0.273 e. The summed E-state index contributed by atoms with van der Waals surface area (Å²) in [5.41, 5.74) is 8.88. The number of halogens is 2. The molecule has 2 aromatic rings. The Morgan fingerprint density at radius 2 is 1.89 bits per heavy atom. The van der Waals surface area contributed by atoms with Gasteiger partial charge < -0.3 is 0 Å². The molecule has 0 spiro atoms. The van der Waals surface area contributed by atoms with E-state index in [0.29, 0.717) is 18.7 Å². The average Bonchev–Trinajstić information content (AvgIpc) is 3.34. The molecule has 1 aromatic carbocycles. The van der Waals surface area contributed by atoms with E-state index >= 15 is 0 Å². The third kappa shape index (κ3) is 9.73. The summed E-state index contributed by atoms with van der Waals surface area (Å²) in [6, 6.07) is 8.48. The Hall–Kier alpha value is -3.06. The van der Waals surface area contributed by atoms with Crippen LogP contribution in [-0.2, 0) is 17.8 Å². The van der Waals surface area contributed by atoms with Crippen LogP contribution in [0.3, 0.4) is 0 Å². The fourth-order valence-corrected chi connectivity index (χ4v) is 3.94. The summed E-state index contributed by atoms with van der Waals surface area (Å²) >= 11 is 0. The highest BCUT2D eigenvalue weighted by atomic mass is 19.3. The average molecular weight is 513 g/mol. The topological polar surface area (TPSA) is 51.4 Å². The number of allylic oxidation sites excluding steroid dienone is 2. The summed E-state index contributed by atoms with van der Waals surface area (Å²) < 4.78 is 29.8. The lowest BCUT2D eigenvalue weighted by atomic mass is 9.94. The van der Waals surface area contributed by atoms with Gasteiger partial charge in [0.05, 0.1) is 6.20 Å². The fraction of sp³-hybridized carbons (Fsp3) is 0.467. The van der Waals surface area contributed by atoms with Crippen molar-refractivity contribution in [1.29, 1.82) is 0 Å². The van der Waals surface area contributed by atoms with E-state index in [-0.39, 0.29) is 6.42 Å². The van der Waals surface area contributed by atoms with E-state index in [1.165, 1.54) is 5.56 Å². The molecular weight excluding hydrogens is 470 g/mol. The molecule has 2 rings (SSSR count). The van der Waals surface area contributed by atoms with Gasteiger partial charge in [-0.05, 0) is 56.2 Å². The number of amidine groups is 1. The van der Waals surface area contributed by atoms with E-state index in [1.54, 1.807) is 19.2 Å². The molecule has 1 aromatic heterocycles. The number of alkyl halides is 2. The van der Waals surface area contributed by atoms with Gasteiger partial charge in [0.2, 0.25) is 0 Å². The molecular formula is C30H42F2N4O. The summed E-state index contributed by atoms with van der Waals surface area (Å²) in [4.78, 5) is 9.67. The van der Waals surface area contributed by atoms with Gasteiger partial charge in [0.15, 0.2) is 5.84 Å². The predicted octanol–water partition coefficient (Wildman–Crippen LogP) is 8.06. The first-order valence-corrected chi connectivity index (χ1v) is 13.2. The summed E-state index contributed by atoms with van der Waals surface area (Å²) in [6.45, 7) is 14.3. The van der Waals surface area contributed by atoms with E-state index in [4.69, 9.17) is 4.84 Å². The Morgan fingerprint density at radius 3 is 2.51 bits per heavy atom. The quantitative estimate of drug-likeness (QED) is 0.114. The number of aryl methyl sites for hydroxylation is 2. The van der Waals surface area contributed by atoms with Crippen molar-refractivity contribution in [3.8, 4) is 11.1 Å². The number of hydrogen-bond donors (Lipinski definition) is 1. The maximum Gasteiger partial charge on any atom is 0.273 e. The normalized spacial score (nSPS) is 13.2. The first-order chi connectivity index (χ1) is 17.7. The second kappa shape index (κ2) is 15.3. The van der Waals surface area contributed by atoms with E-state index in [0.717, 1.165) is 53.7 Å². The maximum absolute atomic E-state index is 13.9. The van der Waals surface area contributed by atoms with Crippen LogP contribution < -0.4 is 5.48 Å². The lowest BCUT2D eigenvalue weighted by molar-refractivity contribution is -0.0973. The monoisotopic (exact) mass is 512 g/mol. The number of aromatic nitrogens is 2. The number of rotatable bonds is 15. The van der Waals surface area contributed by atoms with Gasteiger partial charge in [0.1, 0.15) is 6.61 Å². The van der Waals surface area contributed by atoms with Crippen LogP contribution in [0.1, 0.15) is 72.3 Å². The first-order valence-electron chi connectivity index (χ1n) is 13.2. The number of aliphatic imine (C=N–C) groups is 1. The maximum atomic E-state index is 13.9. The van der Waals surface area contributed by atoms with Crippen LogP contribution in [0.15, 0.2) is 77.2 Å². The van der Waals surface area contributed by atoms with Crippen molar-refractivity contribution in [1.82, 2.24) is 15.3 Å². The molecule has 0 atom stereocenters. The van der Waals surface area contributed by atoms with Gasteiger partial charge in [-0.2, -0.15) is 5.10 Å². The number of nitrogens with zero attached hydrogens (tertiary/aromatic N) is 3. The highest BCUT2D eigenvalue weighted by molar-refractivity contribution is 6.02. The molecule has 7 heteroatoms. The van der Waals surface area contributed by atoms with Crippen molar-refractivity contribution in [2.45, 2.75) is 85.6 Å². The molecule has 0 saturated carbocycles. The van der Waals surface area contributed by atoms with Crippen LogP contribution in [0.2, 0.25) is 0 Å². The van der Waals surface area contributed by atoms with Crippen molar-refractivity contribution >= 4 is 5.84 Å². The Bertz CT molecular complexity index is 1080. The third-order valence-corrected chi connectivity index (χ3v) is 6.06. The molecule has 0 unspecified atom stereocenters. The predicted molar refractivity (Wildman–Crippen MR) is 150 cm³/mol. The van der Waals surface area contributed by atoms with E-state index in [1.807, 2.05) is 31.6 Å². The Balaban J connectivity index is 2.11. The Morgan fingerprint density at radius 1 is 1.16 bits per heavy atom. The Labute approximate surface area is 221 Å². The van der Waals surface area contributed by atoms with Crippen LogP contribution >= 0.6 is 0 Å². The zero-order valence-corrected chi connectivity index (χ0v) is 23.0. The molecule has 202 valence electrons. The van der Waals surface area contributed by atoms with Crippen molar-refractivity contribution in [3.63, 3.8) is 0 Å². The molecule has 5 nitrogen and oxygen atoms in total. The van der Waals surface area contributed by atoms with Crippen molar-refractivity contribution in [2.24, 2.45) is 4.99 Å². The molecule has 1 N–H and O–H groups in total. The summed E-state index contributed by atoms with van der Waals surface area (Å²) in [7, 11) is 0. The minimum Gasteiger partial charge on any atom is -0.272 e. The summed E-state index contributed by atoms with van der Waals surface area (Å²) in [5, 5.41) is 4.42. The van der Waals surface area contributed by atoms with E-state index < -0.39 is 12.5 Å². The second-order valence-corrected chi connectivity index (χ2v) is 9.26. The van der Waals surface area contributed by atoms with Gasteiger partial charge in [0.25, 0.3) is 5.92 Å². The van der Waals surface area contributed by atoms with E-state index in [9.17, 15) is 8.78 Å². The SMILES string of the molecule is C=C(CCc1ccc(-c2cnn(CCC)c2)cc1)C(/C(=N\C=CC)NOCC(F)(F)CCC)=C(/C)CC. The number of benzene rings is 1. The van der Waals surface area contributed by atoms with Gasteiger partial charge in [-0.25, -0.2) is 19.3 Å². The smallest absolute Gasteiger partial charge is 0.272 e. The molecule has 0 amide bonds. The van der Waals surface area contributed by atoms with Crippen LogP contribution in [0, 0.1) is 0 Å². The fourth-order valence-electron chi connectivity index (χ4n) is 3.94. The molecule has 0 aliphatic heterocycles. The lowest BCUT2D eigenvalue weighted by Crippen LogP contribution is -2.33. The number of hydrogen-bond acceptors (Lipinski definition) is 3. The van der Waals surface area contributed by atoms with E-state index in [2.05, 4.69) is 59.5 Å². The highest BCUT2D eigenvalue weighted by Gasteiger charge is 2.28. The van der Waals surface area contributed by atoms with Gasteiger partial charge in [0, 0.05) is 36.5 Å². The Kier molecular flexibility index (Phi) is 12.4. The van der Waals surface area contributed by atoms with Crippen LogP contribution in [0.25, 0.3) is 11.1 Å². The van der Waals surface area contributed by atoms with Gasteiger partial charge in [-0.1, -0.05) is 69.7 Å². The number of nitrogens with one attached hydrogen (secondary N) is 1. The highest BCUT2D eigenvalue weighted by Crippen LogP contribution is 2.25. The minimum atomic E-state index is -2.89. The summed E-state index contributed by atoms with van der Waals surface area (Å²) in [5.74, 6) is -2.50. The van der Waals surface area contributed by atoms with Gasteiger partial charge in [-0.15, -0.1) is 0 Å². The van der Waals surface area contributed by atoms with Crippen molar-refractivity contribution < 1.29 is 13.6 Å². The van der Waals surface area contributed by atoms with Gasteiger partial charge >= 0.3 is 0 Å². The lowest BCUT2D eigenvalue weighted by Gasteiger charge is -2.20. The molecule has 0 aliphatic rings. The second-order valence-electron chi connectivity index (χ2n) is 9.26. The zero-order chi connectivity index (χ0) is 27.3. The van der Waals surface area contributed by atoms with Crippen LogP contribution in [-0.4, -0.2) is 28.1 Å². The molecule has 0 bridgehead atoms. The van der Waals surface area contributed by atoms with Crippen molar-refractivity contribution in [2.75, 3.05) is 6.61 Å².